The molecule has 0 aliphatic carbocycles. The molecule has 3 N–H and O–H groups in total. The summed E-state index contributed by atoms with van der Waals surface area (Å²) in [5.41, 5.74) is 0. The molecule has 0 aromatic heterocycles. The molecule has 0 saturated carbocycles. The first-order valence-electron chi connectivity index (χ1n) is 30.2. The normalized spacial score (nSPS) is 14.0. The summed E-state index contributed by atoms with van der Waals surface area (Å²) in [6.45, 7) is 4.84. The quantitative estimate of drug-likeness (QED) is 0.0243. The van der Waals surface area contributed by atoms with Crippen molar-refractivity contribution in [3.8, 4) is 0 Å². The molecular weight excluding hydrogens is 876 g/mol. The number of quaternary nitrogens is 1. The van der Waals surface area contributed by atoms with E-state index in [9.17, 15) is 19.4 Å². The van der Waals surface area contributed by atoms with Crippen LogP contribution < -0.4 is 5.32 Å². The highest BCUT2D eigenvalue weighted by Gasteiger charge is 2.27. The summed E-state index contributed by atoms with van der Waals surface area (Å²) in [4.78, 5) is 23.2. The number of amides is 1. The molecule has 0 fully saturated rings. The molecule has 0 aliphatic heterocycles. The summed E-state index contributed by atoms with van der Waals surface area (Å²) in [6.07, 6.45) is 66.0. The number of nitrogens with zero attached hydrogens (tertiary/aromatic N) is 1. The van der Waals surface area contributed by atoms with Crippen LogP contribution in [0.1, 0.15) is 303 Å². The molecule has 0 spiro atoms. The number of phosphoric acid groups is 1. The maximum Gasteiger partial charge on any atom is 0.472 e. The third-order valence-corrected chi connectivity index (χ3v) is 14.9. The molecule has 0 heterocycles. The fourth-order valence-electron chi connectivity index (χ4n) is 9.16. The summed E-state index contributed by atoms with van der Waals surface area (Å²) in [5.74, 6) is -0.172. The lowest BCUT2D eigenvalue weighted by Crippen LogP contribution is -2.45. The van der Waals surface area contributed by atoms with Crippen LogP contribution in [-0.2, 0) is 18.4 Å². The summed E-state index contributed by atoms with van der Waals surface area (Å²) in [7, 11) is 1.58. The van der Waals surface area contributed by atoms with Gasteiger partial charge in [-0.1, -0.05) is 276 Å². The van der Waals surface area contributed by atoms with Crippen LogP contribution in [0.15, 0.2) is 24.3 Å². The summed E-state index contributed by atoms with van der Waals surface area (Å²) >= 11 is 0. The van der Waals surface area contributed by atoms with E-state index in [0.29, 0.717) is 17.4 Å². The van der Waals surface area contributed by atoms with Crippen LogP contribution in [0.3, 0.4) is 0 Å². The number of hydrogen-bond acceptors (Lipinski definition) is 5. The van der Waals surface area contributed by atoms with Crippen LogP contribution in [0.5, 0.6) is 0 Å². The second-order valence-corrected chi connectivity index (χ2v) is 23.5. The lowest BCUT2D eigenvalue weighted by atomic mass is 10.0. The Bertz CT molecular complexity index is 1170. The van der Waals surface area contributed by atoms with Gasteiger partial charge >= 0.3 is 7.82 Å². The number of allylic oxidation sites excluding steroid dienone is 3. The van der Waals surface area contributed by atoms with Crippen molar-refractivity contribution in [3.05, 3.63) is 24.3 Å². The molecule has 0 saturated heterocycles. The van der Waals surface area contributed by atoms with Crippen molar-refractivity contribution in [1.29, 1.82) is 0 Å². The average molecular weight is 997 g/mol. The SMILES string of the molecule is CCCCCCCCCC/C=C\CCCCCCCCCCCCCCCCCCCCCCCCCC(=O)NC(COP(=O)(O)OCC[N+](C)(C)C)C(O)/C=C/CCCCCCCCCCCC. The zero-order valence-corrected chi connectivity index (χ0v) is 47.7. The molecule has 8 nitrogen and oxygen atoms in total. The van der Waals surface area contributed by atoms with Gasteiger partial charge in [0.25, 0.3) is 0 Å². The van der Waals surface area contributed by atoms with E-state index in [1.165, 1.54) is 244 Å². The van der Waals surface area contributed by atoms with Crippen molar-refractivity contribution < 1.29 is 32.9 Å². The minimum Gasteiger partial charge on any atom is -0.387 e. The molecular formula is C60H120N2O6P+. The Morgan fingerprint density at radius 1 is 0.478 bits per heavy atom. The Morgan fingerprint density at radius 3 is 1.12 bits per heavy atom. The predicted molar refractivity (Wildman–Crippen MR) is 300 cm³/mol. The summed E-state index contributed by atoms with van der Waals surface area (Å²) in [6, 6.07) is -0.842. The first-order chi connectivity index (χ1) is 33.5. The van der Waals surface area contributed by atoms with Gasteiger partial charge in [-0.3, -0.25) is 13.8 Å². The van der Waals surface area contributed by atoms with E-state index in [1.807, 2.05) is 27.2 Å². The number of phosphoric ester groups is 1. The summed E-state index contributed by atoms with van der Waals surface area (Å²) in [5, 5.41) is 13.9. The molecule has 0 aromatic rings. The van der Waals surface area contributed by atoms with Gasteiger partial charge in [-0.15, -0.1) is 0 Å². The van der Waals surface area contributed by atoms with Crippen molar-refractivity contribution in [2.24, 2.45) is 0 Å². The number of carbonyl (C=O) groups excluding carboxylic acids is 1. The number of aliphatic hydroxyl groups excluding tert-OH is 1. The zero-order valence-electron chi connectivity index (χ0n) is 46.8. The topological polar surface area (TPSA) is 105 Å². The highest BCUT2D eigenvalue weighted by molar-refractivity contribution is 7.47. The number of likely N-dealkylation sites (N-methyl/N-ethyl adjacent to an activating group) is 1. The minimum absolute atomic E-state index is 0.0640. The van der Waals surface area contributed by atoms with Gasteiger partial charge < -0.3 is 19.8 Å². The average Bonchev–Trinajstić information content (AvgIpc) is 3.31. The lowest BCUT2D eigenvalue weighted by molar-refractivity contribution is -0.870. The number of aliphatic hydroxyl groups is 1. The van der Waals surface area contributed by atoms with Crippen LogP contribution in [0.4, 0.5) is 0 Å². The van der Waals surface area contributed by atoms with E-state index in [0.717, 1.165) is 38.5 Å². The molecule has 0 radical (unpaired) electrons. The van der Waals surface area contributed by atoms with Crippen molar-refractivity contribution >= 4 is 13.7 Å². The number of carbonyl (C=O) groups is 1. The molecule has 3 unspecified atom stereocenters. The molecule has 0 aliphatic rings. The molecule has 1 amide bonds. The number of nitrogens with one attached hydrogen (secondary N) is 1. The standard InChI is InChI=1S/C60H119N2O6P/c1-6-8-10-12-14-16-18-20-21-22-23-24-25-26-27-28-29-30-31-32-33-34-35-36-37-38-39-40-41-42-44-46-48-50-52-54-60(64)61-58(57-68-69(65,66)67-56-55-62(3,4)5)59(63)53-51-49-47-45-43-19-17-15-13-11-9-7-2/h22-23,51,53,58-59,63H,6-21,24-50,52,54-57H2,1-5H3,(H-,61,64,65,66)/p+1/b23-22-,53-51+. The van der Waals surface area contributed by atoms with Gasteiger partial charge in [-0.25, -0.2) is 4.57 Å². The Hall–Kier alpha value is -1.02. The maximum absolute atomic E-state index is 12.9. The molecule has 0 rings (SSSR count). The molecule has 0 bridgehead atoms. The fourth-order valence-corrected chi connectivity index (χ4v) is 9.89. The van der Waals surface area contributed by atoms with Gasteiger partial charge in [0.2, 0.25) is 5.91 Å². The Balaban J connectivity index is 3.90. The Morgan fingerprint density at radius 2 is 0.783 bits per heavy atom. The van der Waals surface area contributed by atoms with Crippen molar-refractivity contribution in [2.45, 2.75) is 315 Å². The van der Waals surface area contributed by atoms with Crippen molar-refractivity contribution in [3.63, 3.8) is 0 Å². The smallest absolute Gasteiger partial charge is 0.387 e. The van der Waals surface area contributed by atoms with Crippen LogP contribution in [0.2, 0.25) is 0 Å². The van der Waals surface area contributed by atoms with Crippen LogP contribution >= 0.6 is 7.82 Å². The predicted octanol–water partition coefficient (Wildman–Crippen LogP) is 18.4. The molecule has 0 aromatic carbocycles. The van der Waals surface area contributed by atoms with Gasteiger partial charge in [0.15, 0.2) is 0 Å². The maximum atomic E-state index is 12.9. The second kappa shape index (κ2) is 51.9. The summed E-state index contributed by atoms with van der Waals surface area (Å²) < 4.78 is 23.7. The monoisotopic (exact) mass is 996 g/mol. The molecule has 410 valence electrons. The van der Waals surface area contributed by atoms with Crippen molar-refractivity contribution in [1.82, 2.24) is 5.32 Å². The Labute approximate surface area is 430 Å². The largest absolute Gasteiger partial charge is 0.472 e. The second-order valence-electron chi connectivity index (χ2n) is 22.1. The van der Waals surface area contributed by atoms with Gasteiger partial charge in [0.05, 0.1) is 39.9 Å². The van der Waals surface area contributed by atoms with Gasteiger partial charge in [0, 0.05) is 6.42 Å². The van der Waals surface area contributed by atoms with Crippen molar-refractivity contribution in [2.75, 3.05) is 40.9 Å². The minimum atomic E-state index is -4.34. The molecule has 69 heavy (non-hydrogen) atoms. The van der Waals surface area contributed by atoms with E-state index in [-0.39, 0.29) is 19.1 Å². The van der Waals surface area contributed by atoms with E-state index < -0.39 is 20.0 Å². The van der Waals surface area contributed by atoms with Crippen LogP contribution in [0, 0.1) is 0 Å². The lowest BCUT2D eigenvalue weighted by Gasteiger charge is -2.25. The highest BCUT2D eigenvalue weighted by Crippen LogP contribution is 2.43. The van der Waals surface area contributed by atoms with Gasteiger partial charge in [-0.05, 0) is 44.9 Å². The number of unbranched alkanes of at least 4 members (excludes halogenated alkanes) is 41. The fraction of sp³-hybridized carbons (Fsp3) is 0.917. The Kier molecular flexibility index (Phi) is 51.1. The first-order valence-corrected chi connectivity index (χ1v) is 31.7. The third-order valence-electron chi connectivity index (χ3n) is 13.9. The zero-order chi connectivity index (χ0) is 50.6. The van der Waals surface area contributed by atoms with Gasteiger partial charge in [-0.2, -0.15) is 0 Å². The van der Waals surface area contributed by atoms with E-state index in [4.69, 9.17) is 9.05 Å². The van der Waals surface area contributed by atoms with E-state index in [2.05, 4.69) is 31.3 Å². The first kappa shape index (κ1) is 68.0. The molecule has 9 heteroatoms. The van der Waals surface area contributed by atoms with E-state index >= 15 is 0 Å². The molecule has 3 atom stereocenters. The van der Waals surface area contributed by atoms with Gasteiger partial charge in [0.1, 0.15) is 13.2 Å². The van der Waals surface area contributed by atoms with E-state index in [1.54, 1.807) is 6.08 Å². The van der Waals surface area contributed by atoms with Crippen LogP contribution in [-0.4, -0.2) is 73.4 Å². The highest BCUT2D eigenvalue weighted by atomic mass is 31.2. The number of hydrogen-bond donors (Lipinski definition) is 3. The van der Waals surface area contributed by atoms with Crippen LogP contribution in [0.25, 0.3) is 0 Å². The number of rotatable bonds is 56. The third kappa shape index (κ3) is 54.6.